The molecule has 0 aliphatic rings. The van der Waals surface area contributed by atoms with E-state index in [1.807, 2.05) is 0 Å². The Labute approximate surface area is 117 Å². The lowest BCUT2D eigenvalue weighted by atomic mass is 10.0. The van der Waals surface area contributed by atoms with E-state index in [9.17, 15) is 8.78 Å². The maximum Gasteiger partial charge on any atom is 0.148 e. The van der Waals surface area contributed by atoms with E-state index in [1.54, 1.807) is 18.2 Å². The molecule has 18 heavy (non-hydrogen) atoms. The second kappa shape index (κ2) is 5.34. The summed E-state index contributed by atoms with van der Waals surface area (Å²) in [5.41, 5.74) is 6.49. The van der Waals surface area contributed by atoms with Gasteiger partial charge in [-0.25, -0.2) is 8.78 Å². The van der Waals surface area contributed by atoms with Crippen LogP contribution in [-0.2, 0) is 6.54 Å². The highest BCUT2D eigenvalue weighted by molar-refractivity contribution is 9.10. The van der Waals surface area contributed by atoms with Crippen LogP contribution in [0.5, 0.6) is 0 Å². The number of hydrogen-bond acceptors (Lipinski definition) is 1. The van der Waals surface area contributed by atoms with Crippen molar-refractivity contribution in [1.82, 2.24) is 0 Å². The van der Waals surface area contributed by atoms with E-state index < -0.39 is 11.6 Å². The van der Waals surface area contributed by atoms with Gasteiger partial charge in [0.1, 0.15) is 11.6 Å². The maximum absolute atomic E-state index is 13.9. The molecule has 1 nitrogen and oxygen atoms in total. The monoisotopic (exact) mass is 331 g/mol. The van der Waals surface area contributed by atoms with Gasteiger partial charge in [0.15, 0.2) is 0 Å². The van der Waals surface area contributed by atoms with Crippen LogP contribution in [0.15, 0.2) is 34.8 Å². The van der Waals surface area contributed by atoms with Crippen LogP contribution >= 0.6 is 27.5 Å². The number of halogens is 4. The Balaban J connectivity index is 2.65. The van der Waals surface area contributed by atoms with Crippen LogP contribution in [0.4, 0.5) is 8.78 Å². The number of nitrogens with two attached hydrogens (primary N) is 1. The third-order valence-electron chi connectivity index (χ3n) is 2.60. The normalized spacial score (nSPS) is 10.7. The first-order chi connectivity index (χ1) is 8.54. The van der Waals surface area contributed by atoms with Crippen molar-refractivity contribution in [1.29, 1.82) is 0 Å². The minimum absolute atomic E-state index is 0.0873. The van der Waals surface area contributed by atoms with Crippen LogP contribution in [0.2, 0.25) is 5.02 Å². The Morgan fingerprint density at radius 1 is 1.17 bits per heavy atom. The highest BCUT2D eigenvalue weighted by atomic mass is 79.9. The van der Waals surface area contributed by atoms with Crippen molar-refractivity contribution in [2.75, 3.05) is 0 Å². The number of benzene rings is 2. The molecular weight excluding hydrogens is 324 g/mol. The fraction of sp³-hybridized carbons (Fsp3) is 0.0769. The molecule has 0 saturated carbocycles. The zero-order chi connectivity index (χ0) is 13.3. The summed E-state index contributed by atoms with van der Waals surface area (Å²) < 4.78 is 27.9. The fourth-order valence-electron chi connectivity index (χ4n) is 1.68. The smallest absolute Gasteiger partial charge is 0.148 e. The van der Waals surface area contributed by atoms with Crippen molar-refractivity contribution < 1.29 is 8.78 Å². The fourth-order valence-corrected chi connectivity index (χ4v) is 2.20. The van der Waals surface area contributed by atoms with Crippen molar-refractivity contribution >= 4 is 27.5 Å². The summed E-state index contributed by atoms with van der Waals surface area (Å²) >= 11 is 8.95. The van der Waals surface area contributed by atoms with Crippen LogP contribution in [0.3, 0.4) is 0 Å². The van der Waals surface area contributed by atoms with E-state index in [4.69, 9.17) is 17.3 Å². The second-order valence-corrected chi connectivity index (χ2v) is 4.99. The summed E-state index contributed by atoms with van der Waals surface area (Å²) in [6, 6.07) is 7.28. The molecule has 0 unspecified atom stereocenters. The maximum atomic E-state index is 13.9. The second-order valence-electron chi connectivity index (χ2n) is 3.73. The van der Waals surface area contributed by atoms with Crippen LogP contribution in [-0.4, -0.2) is 0 Å². The minimum Gasteiger partial charge on any atom is -0.326 e. The average Bonchev–Trinajstić information content (AvgIpc) is 2.36. The lowest BCUT2D eigenvalue weighted by Crippen LogP contribution is -1.98. The molecule has 0 aromatic heterocycles. The largest absolute Gasteiger partial charge is 0.326 e. The van der Waals surface area contributed by atoms with Gasteiger partial charge in [0.25, 0.3) is 0 Å². The Hall–Kier alpha value is -0.970. The van der Waals surface area contributed by atoms with Crippen molar-refractivity contribution in [3.8, 4) is 11.1 Å². The zero-order valence-electron chi connectivity index (χ0n) is 9.18. The van der Waals surface area contributed by atoms with Crippen LogP contribution in [0.1, 0.15) is 5.56 Å². The molecule has 2 rings (SSSR count). The van der Waals surface area contributed by atoms with E-state index in [0.29, 0.717) is 16.1 Å². The Morgan fingerprint density at radius 2 is 1.89 bits per heavy atom. The van der Waals surface area contributed by atoms with E-state index >= 15 is 0 Å². The van der Waals surface area contributed by atoms with E-state index in [2.05, 4.69) is 15.9 Å². The molecule has 2 N–H and O–H groups in total. The molecule has 0 fully saturated rings. The standard InChI is InChI=1S/C13H9BrClF2N/c14-9-2-4-11(16)12(13(9)17)7-1-3-10(15)8(5-7)6-18/h1-5H,6,18H2. The van der Waals surface area contributed by atoms with E-state index in [1.165, 1.54) is 12.1 Å². The van der Waals surface area contributed by atoms with Crippen LogP contribution in [0.25, 0.3) is 11.1 Å². The molecule has 0 radical (unpaired) electrons. The molecule has 2 aromatic rings. The molecule has 0 saturated heterocycles. The molecule has 0 amide bonds. The molecule has 5 heteroatoms. The molecular formula is C13H9BrClF2N. The van der Waals surface area contributed by atoms with Gasteiger partial charge < -0.3 is 5.73 Å². The van der Waals surface area contributed by atoms with Crippen molar-refractivity contribution in [2.24, 2.45) is 5.73 Å². The summed E-state index contributed by atoms with van der Waals surface area (Å²) in [4.78, 5) is 0. The molecule has 0 aliphatic heterocycles. The van der Waals surface area contributed by atoms with E-state index in [0.717, 1.165) is 0 Å². The lowest BCUT2D eigenvalue weighted by molar-refractivity contribution is 0.585. The molecule has 94 valence electrons. The first-order valence-corrected chi connectivity index (χ1v) is 6.34. The Kier molecular flexibility index (Phi) is 4.00. The minimum atomic E-state index is -0.639. The van der Waals surface area contributed by atoms with Gasteiger partial charge in [-0.2, -0.15) is 0 Å². The van der Waals surface area contributed by atoms with Gasteiger partial charge in [-0.05, 0) is 51.3 Å². The van der Waals surface area contributed by atoms with Crippen LogP contribution < -0.4 is 5.73 Å². The van der Waals surface area contributed by atoms with Gasteiger partial charge in [-0.3, -0.25) is 0 Å². The lowest BCUT2D eigenvalue weighted by Gasteiger charge is -2.09. The predicted octanol–water partition coefficient (Wildman–Crippen LogP) is 4.51. The van der Waals surface area contributed by atoms with Gasteiger partial charge >= 0.3 is 0 Å². The molecule has 0 heterocycles. The molecule has 0 aliphatic carbocycles. The first kappa shape index (κ1) is 13.5. The summed E-state index contributed by atoms with van der Waals surface area (Å²) in [6.07, 6.45) is 0. The zero-order valence-corrected chi connectivity index (χ0v) is 11.5. The summed E-state index contributed by atoms with van der Waals surface area (Å²) in [7, 11) is 0. The van der Waals surface area contributed by atoms with Crippen LogP contribution in [0, 0.1) is 11.6 Å². The van der Waals surface area contributed by atoms with Gasteiger partial charge in [-0.15, -0.1) is 0 Å². The summed E-state index contributed by atoms with van der Waals surface area (Å²) in [5.74, 6) is -1.26. The third-order valence-corrected chi connectivity index (χ3v) is 3.58. The number of rotatable bonds is 2. The quantitative estimate of drug-likeness (QED) is 0.805. The van der Waals surface area contributed by atoms with Gasteiger partial charge in [0.05, 0.1) is 10.0 Å². The van der Waals surface area contributed by atoms with Gasteiger partial charge in [-0.1, -0.05) is 17.7 Å². The Bertz CT molecular complexity index is 602. The van der Waals surface area contributed by atoms with E-state index in [-0.39, 0.29) is 16.6 Å². The SMILES string of the molecule is NCc1cc(-c2c(F)ccc(Br)c2F)ccc1Cl. The third kappa shape index (κ3) is 2.41. The summed E-state index contributed by atoms with van der Waals surface area (Å²) in [5, 5.41) is 0.483. The number of hydrogen-bond donors (Lipinski definition) is 1. The predicted molar refractivity (Wildman–Crippen MR) is 72.4 cm³/mol. The average molecular weight is 333 g/mol. The Morgan fingerprint density at radius 3 is 2.56 bits per heavy atom. The molecule has 0 bridgehead atoms. The van der Waals surface area contributed by atoms with Crippen molar-refractivity contribution in [3.63, 3.8) is 0 Å². The molecule has 2 aromatic carbocycles. The van der Waals surface area contributed by atoms with Gasteiger partial charge in [0.2, 0.25) is 0 Å². The summed E-state index contributed by atoms with van der Waals surface area (Å²) in [6.45, 7) is 0.212. The molecule has 0 spiro atoms. The topological polar surface area (TPSA) is 26.0 Å². The van der Waals surface area contributed by atoms with Crippen molar-refractivity contribution in [2.45, 2.75) is 6.54 Å². The molecule has 0 atom stereocenters. The van der Waals surface area contributed by atoms with Crippen molar-refractivity contribution in [3.05, 3.63) is 57.0 Å². The highest BCUT2D eigenvalue weighted by Crippen LogP contribution is 2.32. The van der Waals surface area contributed by atoms with Gasteiger partial charge in [0, 0.05) is 11.6 Å². The first-order valence-electron chi connectivity index (χ1n) is 5.17. The highest BCUT2D eigenvalue weighted by Gasteiger charge is 2.15.